The topological polar surface area (TPSA) is 81.5 Å². The first-order chi connectivity index (χ1) is 10.6. The molecule has 0 saturated heterocycles. The van der Waals surface area contributed by atoms with E-state index in [2.05, 4.69) is 5.32 Å². The Balaban J connectivity index is 2.57. The molecule has 0 fully saturated rings. The fraction of sp³-hybridized carbons (Fsp3) is 0.400. The Morgan fingerprint density at radius 2 is 2.00 bits per heavy atom. The van der Waals surface area contributed by atoms with Crippen molar-refractivity contribution in [1.82, 2.24) is 5.32 Å². The quantitative estimate of drug-likeness (QED) is 0.506. The fourth-order valence-corrected chi connectivity index (χ4v) is 1.60. The summed E-state index contributed by atoms with van der Waals surface area (Å²) in [7, 11) is 0. The van der Waals surface area contributed by atoms with Gasteiger partial charge in [0, 0.05) is 24.2 Å². The number of halogens is 2. The molecular weight excluding hydrogens is 310 g/mol. The summed E-state index contributed by atoms with van der Waals surface area (Å²) in [6, 6.07) is 1.29. The third kappa shape index (κ3) is 6.41. The lowest BCUT2D eigenvalue weighted by Crippen LogP contribution is -2.32. The van der Waals surface area contributed by atoms with E-state index in [9.17, 15) is 23.7 Å². The van der Waals surface area contributed by atoms with E-state index < -0.39 is 33.9 Å². The van der Waals surface area contributed by atoms with Crippen molar-refractivity contribution >= 4 is 17.9 Å². The van der Waals surface area contributed by atoms with Crippen LogP contribution >= 0.6 is 0 Å². The fourth-order valence-electron chi connectivity index (χ4n) is 1.60. The van der Waals surface area contributed by atoms with Crippen molar-refractivity contribution in [3.63, 3.8) is 0 Å². The van der Waals surface area contributed by atoms with Crippen molar-refractivity contribution < 1.29 is 23.2 Å². The highest BCUT2D eigenvalue weighted by Crippen LogP contribution is 2.22. The van der Waals surface area contributed by atoms with E-state index in [1.807, 2.05) is 0 Å². The van der Waals surface area contributed by atoms with Gasteiger partial charge in [-0.2, -0.15) is 4.39 Å². The first-order valence-corrected chi connectivity index (χ1v) is 6.87. The Morgan fingerprint density at radius 1 is 1.35 bits per heavy atom. The zero-order valence-electron chi connectivity index (χ0n) is 13.1. The van der Waals surface area contributed by atoms with Crippen molar-refractivity contribution in [2.45, 2.75) is 32.8 Å². The van der Waals surface area contributed by atoms with Gasteiger partial charge in [-0.3, -0.25) is 10.1 Å². The summed E-state index contributed by atoms with van der Waals surface area (Å²) in [4.78, 5) is 21.1. The van der Waals surface area contributed by atoms with Gasteiger partial charge >= 0.3 is 11.8 Å². The molecule has 0 atom stereocenters. The first kappa shape index (κ1) is 18.5. The van der Waals surface area contributed by atoms with E-state index >= 15 is 0 Å². The van der Waals surface area contributed by atoms with Crippen molar-refractivity contribution in [1.29, 1.82) is 0 Å². The van der Waals surface area contributed by atoms with Gasteiger partial charge in [0.05, 0.1) is 4.92 Å². The molecule has 0 bridgehead atoms. The van der Waals surface area contributed by atoms with E-state index in [1.165, 1.54) is 12.2 Å². The Bertz CT molecular complexity index is 625. The van der Waals surface area contributed by atoms with Crippen LogP contribution in [0.3, 0.4) is 0 Å². The summed E-state index contributed by atoms with van der Waals surface area (Å²) in [5, 5.41) is 13.1. The predicted molar refractivity (Wildman–Crippen MR) is 80.9 cm³/mol. The minimum absolute atomic E-state index is 0.102. The van der Waals surface area contributed by atoms with Gasteiger partial charge in [0.1, 0.15) is 11.4 Å². The summed E-state index contributed by atoms with van der Waals surface area (Å²) < 4.78 is 31.7. The predicted octanol–water partition coefficient (Wildman–Crippen LogP) is 3.80. The van der Waals surface area contributed by atoms with Crippen LogP contribution in [0, 0.1) is 21.7 Å². The molecular formula is C15H18F2N2O4. The highest BCUT2D eigenvalue weighted by molar-refractivity contribution is 5.67. The normalized spacial score (nSPS) is 11.5. The number of carbonyl (C=O) groups is 1. The lowest BCUT2D eigenvalue weighted by atomic mass is 10.1. The van der Waals surface area contributed by atoms with Crippen LogP contribution in [0.4, 0.5) is 19.3 Å². The lowest BCUT2D eigenvalue weighted by Gasteiger charge is -2.19. The molecule has 0 aliphatic carbocycles. The number of hydrogen-bond acceptors (Lipinski definition) is 4. The molecule has 8 heteroatoms. The van der Waals surface area contributed by atoms with Gasteiger partial charge in [0.25, 0.3) is 0 Å². The molecule has 0 spiro atoms. The molecule has 0 aliphatic rings. The lowest BCUT2D eigenvalue weighted by molar-refractivity contribution is -0.387. The molecule has 0 aliphatic heterocycles. The average Bonchev–Trinajstić information content (AvgIpc) is 2.38. The zero-order chi connectivity index (χ0) is 17.6. The highest BCUT2D eigenvalue weighted by atomic mass is 19.1. The average molecular weight is 328 g/mol. The molecule has 1 aromatic carbocycles. The van der Waals surface area contributed by atoms with E-state index in [0.29, 0.717) is 12.5 Å². The Labute approximate surface area is 132 Å². The Hall–Kier alpha value is -2.51. The van der Waals surface area contributed by atoms with Crippen molar-refractivity contribution in [3.05, 3.63) is 45.5 Å². The standard InChI is InChI=1S/C15H18F2N2O4/c1-15(2,3)23-14(20)18-7-5-4-6-10-8-13(19(21)22)12(17)9-11(10)16/h4,6,8-9H,5,7H2,1-3H3,(H,18,20). The number of amides is 1. The third-order valence-electron chi connectivity index (χ3n) is 2.54. The van der Waals surface area contributed by atoms with E-state index in [1.54, 1.807) is 20.8 Å². The second kappa shape index (κ2) is 7.66. The summed E-state index contributed by atoms with van der Waals surface area (Å²) in [6.45, 7) is 5.44. The molecule has 126 valence electrons. The smallest absolute Gasteiger partial charge is 0.407 e. The molecule has 0 radical (unpaired) electrons. The van der Waals surface area contributed by atoms with Crippen LogP contribution < -0.4 is 5.32 Å². The van der Waals surface area contributed by atoms with Gasteiger partial charge in [0.15, 0.2) is 0 Å². The van der Waals surface area contributed by atoms with Crippen LogP contribution in [0.5, 0.6) is 0 Å². The summed E-state index contributed by atoms with van der Waals surface area (Å²) in [6.07, 6.45) is 2.58. The molecule has 0 heterocycles. The van der Waals surface area contributed by atoms with Crippen LogP contribution in [-0.2, 0) is 4.74 Å². The van der Waals surface area contributed by atoms with Crippen LogP contribution in [0.15, 0.2) is 18.2 Å². The minimum atomic E-state index is -1.23. The molecule has 1 N–H and O–H groups in total. The number of rotatable bonds is 5. The molecule has 23 heavy (non-hydrogen) atoms. The molecule has 6 nitrogen and oxygen atoms in total. The van der Waals surface area contributed by atoms with E-state index in [4.69, 9.17) is 4.74 Å². The van der Waals surface area contributed by atoms with Crippen molar-refractivity contribution in [3.8, 4) is 0 Å². The Morgan fingerprint density at radius 3 is 2.57 bits per heavy atom. The van der Waals surface area contributed by atoms with E-state index in [-0.39, 0.29) is 12.1 Å². The van der Waals surface area contributed by atoms with Gasteiger partial charge in [-0.05, 0) is 27.2 Å². The summed E-state index contributed by atoms with van der Waals surface area (Å²) >= 11 is 0. The second-order valence-corrected chi connectivity index (χ2v) is 5.70. The van der Waals surface area contributed by atoms with Gasteiger partial charge in [-0.1, -0.05) is 12.2 Å². The Kier molecular flexibility index (Phi) is 6.18. The number of ether oxygens (including phenoxy) is 1. The van der Waals surface area contributed by atoms with Gasteiger partial charge in [-0.25, -0.2) is 9.18 Å². The van der Waals surface area contributed by atoms with Gasteiger partial charge in [0.2, 0.25) is 5.82 Å². The number of hydrogen-bond donors (Lipinski definition) is 1. The third-order valence-corrected chi connectivity index (χ3v) is 2.54. The molecule has 0 unspecified atom stereocenters. The number of carbonyl (C=O) groups excluding carboxylic acids is 1. The number of alkyl carbamates (subject to hydrolysis) is 1. The SMILES string of the molecule is CC(C)(C)OC(=O)NCCC=Cc1cc([N+](=O)[O-])c(F)cc1F. The van der Waals surface area contributed by atoms with Crippen LogP contribution in [0.2, 0.25) is 0 Å². The minimum Gasteiger partial charge on any atom is -0.444 e. The number of benzene rings is 1. The van der Waals surface area contributed by atoms with Crippen LogP contribution in [-0.4, -0.2) is 23.2 Å². The number of nitrogens with zero attached hydrogens (tertiary/aromatic N) is 1. The first-order valence-electron chi connectivity index (χ1n) is 6.87. The second-order valence-electron chi connectivity index (χ2n) is 5.70. The van der Waals surface area contributed by atoms with Crippen molar-refractivity contribution in [2.75, 3.05) is 6.54 Å². The van der Waals surface area contributed by atoms with Crippen LogP contribution in [0.1, 0.15) is 32.8 Å². The molecule has 0 aromatic heterocycles. The van der Waals surface area contributed by atoms with Gasteiger partial charge < -0.3 is 10.1 Å². The number of nitro benzene ring substituents is 1. The maximum absolute atomic E-state index is 13.5. The molecule has 1 amide bonds. The zero-order valence-corrected chi connectivity index (χ0v) is 13.1. The number of nitro groups is 1. The van der Waals surface area contributed by atoms with Crippen LogP contribution in [0.25, 0.3) is 6.08 Å². The highest BCUT2D eigenvalue weighted by Gasteiger charge is 2.17. The maximum atomic E-state index is 13.5. The largest absolute Gasteiger partial charge is 0.444 e. The molecule has 0 saturated carbocycles. The molecule has 1 aromatic rings. The summed E-state index contributed by atoms with van der Waals surface area (Å²) in [5.74, 6) is -2.12. The monoisotopic (exact) mass is 328 g/mol. The van der Waals surface area contributed by atoms with E-state index in [0.717, 1.165) is 6.07 Å². The summed E-state index contributed by atoms with van der Waals surface area (Å²) in [5.41, 5.74) is -1.50. The molecule has 1 rings (SSSR count). The van der Waals surface area contributed by atoms with Crippen molar-refractivity contribution in [2.24, 2.45) is 0 Å². The maximum Gasteiger partial charge on any atom is 0.407 e. The van der Waals surface area contributed by atoms with Gasteiger partial charge in [-0.15, -0.1) is 0 Å². The number of nitrogens with one attached hydrogen (secondary N) is 1.